The molecule has 3 heterocycles. The summed E-state index contributed by atoms with van der Waals surface area (Å²) in [5.41, 5.74) is 2.75. The number of aliphatic hydroxyl groups excluding tert-OH is 1. The fourth-order valence-electron chi connectivity index (χ4n) is 3.13. The number of nitrogens with zero attached hydrogens (tertiary/aromatic N) is 2. The van der Waals surface area contributed by atoms with E-state index in [1.54, 1.807) is 17.5 Å². The zero-order valence-corrected chi connectivity index (χ0v) is 12.5. The van der Waals surface area contributed by atoms with Crippen molar-refractivity contribution in [2.75, 3.05) is 13.1 Å². The second-order valence-electron chi connectivity index (χ2n) is 5.80. The van der Waals surface area contributed by atoms with E-state index >= 15 is 0 Å². The number of aryl methyl sites for hydroxylation is 1. The minimum Gasteiger partial charge on any atom is -0.388 e. The van der Waals surface area contributed by atoms with Crippen LogP contribution in [0.5, 0.6) is 0 Å². The molecular formula is C16H21N3O2. The number of hydrogen-bond acceptors (Lipinski definition) is 4. The van der Waals surface area contributed by atoms with Crippen LogP contribution in [-0.2, 0) is 0 Å². The van der Waals surface area contributed by atoms with Gasteiger partial charge in [-0.1, -0.05) is 6.07 Å². The molecule has 0 saturated carbocycles. The average molecular weight is 287 g/mol. The van der Waals surface area contributed by atoms with Gasteiger partial charge in [0.05, 0.1) is 17.4 Å². The zero-order chi connectivity index (χ0) is 15.0. The summed E-state index contributed by atoms with van der Waals surface area (Å²) in [5, 5.41) is 13.4. The predicted molar refractivity (Wildman–Crippen MR) is 81.7 cm³/mol. The highest BCUT2D eigenvalue weighted by molar-refractivity contribution is 5.49. The summed E-state index contributed by atoms with van der Waals surface area (Å²) in [5.74, 6) is 0.244. The Hall–Kier alpha value is -1.72. The SMILES string of the molecule is Cc1cccn2c(=O)c(C(C)O)c(C3CCNCC3)nc12. The zero-order valence-electron chi connectivity index (χ0n) is 12.5. The molecular weight excluding hydrogens is 266 g/mol. The summed E-state index contributed by atoms with van der Waals surface area (Å²) in [6.07, 6.45) is 2.82. The minimum absolute atomic E-state index is 0.146. The first-order valence-electron chi connectivity index (χ1n) is 7.50. The molecule has 1 atom stereocenters. The summed E-state index contributed by atoms with van der Waals surface area (Å²) in [4.78, 5) is 17.5. The van der Waals surface area contributed by atoms with Crippen LogP contribution in [0.4, 0.5) is 0 Å². The number of hydrogen-bond donors (Lipinski definition) is 2. The maximum Gasteiger partial charge on any atom is 0.263 e. The number of nitrogens with one attached hydrogen (secondary N) is 1. The van der Waals surface area contributed by atoms with Crippen LogP contribution in [0.3, 0.4) is 0 Å². The Morgan fingerprint density at radius 3 is 2.81 bits per heavy atom. The number of rotatable bonds is 2. The number of piperidine rings is 1. The molecule has 5 nitrogen and oxygen atoms in total. The molecule has 3 rings (SSSR count). The average Bonchev–Trinajstić information content (AvgIpc) is 2.48. The van der Waals surface area contributed by atoms with E-state index in [0.29, 0.717) is 11.2 Å². The molecule has 0 aliphatic carbocycles. The van der Waals surface area contributed by atoms with Gasteiger partial charge in [0.25, 0.3) is 5.56 Å². The van der Waals surface area contributed by atoms with E-state index in [2.05, 4.69) is 5.32 Å². The van der Waals surface area contributed by atoms with E-state index in [-0.39, 0.29) is 11.5 Å². The molecule has 2 aromatic rings. The molecule has 2 N–H and O–H groups in total. The van der Waals surface area contributed by atoms with Crippen LogP contribution < -0.4 is 10.9 Å². The van der Waals surface area contributed by atoms with Gasteiger partial charge >= 0.3 is 0 Å². The summed E-state index contributed by atoms with van der Waals surface area (Å²) in [6.45, 7) is 5.46. The first-order valence-corrected chi connectivity index (χ1v) is 7.50. The summed E-state index contributed by atoms with van der Waals surface area (Å²) in [6, 6.07) is 3.79. The molecule has 1 fully saturated rings. The van der Waals surface area contributed by atoms with E-state index in [0.717, 1.165) is 37.2 Å². The predicted octanol–water partition coefficient (Wildman–Crippen LogP) is 1.52. The molecule has 1 aliphatic heterocycles. The number of pyridine rings is 1. The molecule has 0 radical (unpaired) electrons. The third kappa shape index (κ3) is 2.47. The maximum atomic E-state index is 12.7. The highest BCUT2D eigenvalue weighted by Gasteiger charge is 2.25. The topological polar surface area (TPSA) is 66.6 Å². The Kier molecular flexibility index (Phi) is 3.78. The fraction of sp³-hybridized carbons (Fsp3) is 0.500. The van der Waals surface area contributed by atoms with Gasteiger partial charge in [0.15, 0.2) is 0 Å². The van der Waals surface area contributed by atoms with E-state index in [1.807, 2.05) is 19.1 Å². The lowest BCUT2D eigenvalue weighted by Crippen LogP contribution is -2.31. The van der Waals surface area contributed by atoms with Crippen LogP contribution in [0.2, 0.25) is 0 Å². The van der Waals surface area contributed by atoms with Gasteiger partial charge < -0.3 is 10.4 Å². The van der Waals surface area contributed by atoms with Crippen molar-refractivity contribution in [3.05, 3.63) is 45.5 Å². The van der Waals surface area contributed by atoms with E-state index in [4.69, 9.17) is 4.98 Å². The Bertz CT molecular complexity index is 715. The molecule has 0 spiro atoms. The van der Waals surface area contributed by atoms with Crippen molar-refractivity contribution in [2.24, 2.45) is 0 Å². The van der Waals surface area contributed by atoms with Crippen LogP contribution in [0.15, 0.2) is 23.1 Å². The lowest BCUT2D eigenvalue weighted by atomic mass is 9.90. The van der Waals surface area contributed by atoms with Gasteiger partial charge in [0.1, 0.15) is 5.65 Å². The molecule has 1 saturated heterocycles. The second kappa shape index (κ2) is 5.58. The van der Waals surface area contributed by atoms with E-state index in [9.17, 15) is 9.90 Å². The Morgan fingerprint density at radius 2 is 2.14 bits per heavy atom. The van der Waals surface area contributed by atoms with Gasteiger partial charge in [-0.15, -0.1) is 0 Å². The molecule has 21 heavy (non-hydrogen) atoms. The third-order valence-electron chi connectivity index (χ3n) is 4.26. The molecule has 0 aromatic carbocycles. The normalized spacial score (nSPS) is 18.0. The van der Waals surface area contributed by atoms with Crippen LogP contribution in [-0.4, -0.2) is 27.6 Å². The Balaban J connectivity index is 2.28. The summed E-state index contributed by atoms with van der Waals surface area (Å²) in [7, 11) is 0. The van der Waals surface area contributed by atoms with Crippen molar-refractivity contribution in [2.45, 2.75) is 38.7 Å². The fourth-order valence-corrected chi connectivity index (χ4v) is 3.13. The molecule has 2 aromatic heterocycles. The molecule has 0 amide bonds. The van der Waals surface area contributed by atoms with Gasteiger partial charge in [-0.05, 0) is 51.4 Å². The lowest BCUT2D eigenvalue weighted by Gasteiger charge is -2.25. The number of fused-ring (bicyclic) bond motifs is 1. The van der Waals surface area contributed by atoms with Gasteiger partial charge in [0.2, 0.25) is 0 Å². The van der Waals surface area contributed by atoms with Crippen LogP contribution in [0.25, 0.3) is 5.65 Å². The minimum atomic E-state index is -0.799. The molecule has 0 bridgehead atoms. The highest BCUT2D eigenvalue weighted by atomic mass is 16.3. The van der Waals surface area contributed by atoms with Crippen LogP contribution >= 0.6 is 0 Å². The van der Waals surface area contributed by atoms with Crippen molar-refractivity contribution in [1.82, 2.24) is 14.7 Å². The summed E-state index contributed by atoms with van der Waals surface area (Å²) >= 11 is 0. The highest BCUT2D eigenvalue weighted by Crippen LogP contribution is 2.28. The van der Waals surface area contributed by atoms with E-state index < -0.39 is 6.10 Å². The van der Waals surface area contributed by atoms with Gasteiger partial charge in [-0.3, -0.25) is 9.20 Å². The van der Waals surface area contributed by atoms with Gasteiger partial charge in [-0.25, -0.2) is 4.98 Å². The molecule has 1 unspecified atom stereocenters. The van der Waals surface area contributed by atoms with Crippen molar-refractivity contribution in [3.8, 4) is 0 Å². The largest absolute Gasteiger partial charge is 0.388 e. The molecule has 112 valence electrons. The molecule has 1 aliphatic rings. The van der Waals surface area contributed by atoms with E-state index in [1.165, 1.54) is 0 Å². The number of aromatic nitrogens is 2. The van der Waals surface area contributed by atoms with Crippen LogP contribution in [0.1, 0.15) is 48.6 Å². The van der Waals surface area contributed by atoms with Crippen molar-refractivity contribution < 1.29 is 5.11 Å². The second-order valence-corrected chi connectivity index (χ2v) is 5.80. The number of aliphatic hydroxyl groups is 1. The summed E-state index contributed by atoms with van der Waals surface area (Å²) < 4.78 is 1.54. The lowest BCUT2D eigenvalue weighted by molar-refractivity contribution is 0.194. The monoisotopic (exact) mass is 287 g/mol. The third-order valence-corrected chi connectivity index (χ3v) is 4.26. The quantitative estimate of drug-likeness (QED) is 0.879. The van der Waals surface area contributed by atoms with Crippen molar-refractivity contribution >= 4 is 5.65 Å². The smallest absolute Gasteiger partial charge is 0.263 e. The standard InChI is InChI=1S/C16H21N3O2/c1-10-4-3-9-19-15(10)18-14(12-5-7-17-8-6-12)13(11(2)20)16(19)21/h3-4,9,11-12,17,20H,5-8H2,1-2H3. The Labute approximate surface area is 123 Å². The van der Waals surface area contributed by atoms with Crippen LogP contribution in [0, 0.1) is 6.92 Å². The Morgan fingerprint density at radius 1 is 1.43 bits per heavy atom. The molecule has 5 heteroatoms. The van der Waals surface area contributed by atoms with Gasteiger partial charge in [-0.2, -0.15) is 0 Å². The van der Waals surface area contributed by atoms with Crippen molar-refractivity contribution in [3.63, 3.8) is 0 Å². The first kappa shape index (κ1) is 14.2. The van der Waals surface area contributed by atoms with Gasteiger partial charge in [0, 0.05) is 12.1 Å². The first-order chi connectivity index (χ1) is 10.1. The van der Waals surface area contributed by atoms with Crippen molar-refractivity contribution in [1.29, 1.82) is 0 Å². The maximum absolute atomic E-state index is 12.7.